The van der Waals surface area contributed by atoms with Crippen LogP contribution in [0.3, 0.4) is 0 Å². The number of likely N-dealkylation sites (tertiary alicyclic amines) is 1. The average molecular weight is 499 g/mol. The van der Waals surface area contributed by atoms with Crippen molar-refractivity contribution in [3.63, 3.8) is 0 Å². The Morgan fingerprint density at radius 3 is 2.45 bits per heavy atom. The summed E-state index contributed by atoms with van der Waals surface area (Å²) < 4.78 is 15.4. The summed E-state index contributed by atoms with van der Waals surface area (Å²) in [5.41, 5.74) is 0.464. The molecule has 1 aromatic carbocycles. The van der Waals surface area contributed by atoms with Gasteiger partial charge in [0, 0.05) is 0 Å². The number of hydrogen-bond donors (Lipinski definition) is 1. The van der Waals surface area contributed by atoms with Crippen molar-refractivity contribution in [1.82, 2.24) is 10.2 Å². The monoisotopic (exact) mass is 500 g/mol. The van der Waals surface area contributed by atoms with E-state index in [1.54, 1.807) is 27.9 Å². The van der Waals surface area contributed by atoms with Gasteiger partial charge in [0.15, 0.2) is 0 Å². The summed E-state index contributed by atoms with van der Waals surface area (Å²) in [5.74, 6) is 0.0970. The first-order valence-corrected chi connectivity index (χ1v) is 12.7. The van der Waals surface area contributed by atoms with Crippen molar-refractivity contribution < 1.29 is 28.6 Å². The molecule has 1 aliphatic rings. The Balaban J connectivity index is 2.06. The van der Waals surface area contributed by atoms with E-state index in [0.717, 1.165) is 23.1 Å². The van der Waals surface area contributed by atoms with Crippen LogP contribution in [0, 0.1) is 0 Å². The van der Waals surface area contributed by atoms with Gasteiger partial charge in [-0.15, -0.1) is 0 Å². The van der Waals surface area contributed by atoms with Crippen molar-refractivity contribution >= 4 is 32.9 Å². The zero-order chi connectivity index (χ0) is 23.0. The predicted octanol–water partition coefficient (Wildman–Crippen LogP) is 2.37. The van der Waals surface area contributed by atoms with Crippen LogP contribution in [0.2, 0.25) is 5.32 Å². The van der Waals surface area contributed by atoms with Crippen LogP contribution in [-0.4, -0.2) is 76.3 Å². The van der Waals surface area contributed by atoms with Crippen LogP contribution >= 0.6 is 0 Å². The summed E-state index contributed by atoms with van der Waals surface area (Å²) in [7, 11) is 2.94. The molecule has 0 radical (unpaired) electrons. The van der Waals surface area contributed by atoms with Gasteiger partial charge in [-0.25, -0.2) is 0 Å². The van der Waals surface area contributed by atoms with Gasteiger partial charge in [0.1, 0.15) is 0 Å². The van der Waals surface area contributed by atoms with Gasteiger partial charge in [0.25, 0.3) is 0 Å². The molecule has 172 valence electrons. The average Bonchev–Trinajstić information content (AvgIpc) is 3.21. The second-order valence-corrected chi connectivity index (χ2v) is 10.4. The number of nitrogens with zero attached hydrogens (tertiary/aromatic N) is 1. The number of methoxy groups -OCH3 is 2. The normalized spacial score (nSPS) is 17.1. The van der Waals surface area contributed by atoms with Crippen LogP contribution in [0.1, 0.15) is 39.2 Å². The molecule has 0 aromatic heterocycles. The zero-order valence-corrected chi connectivity index (χ0v) is 20.5. The quantitative estimate of drug-likeness (QED) is 0.436. The van der Waals surface area contributed by atoms with E-state index in [1.165, 1.54) is 12.0 Å². The molecule has 8 nitrogen and oxygen atoms in total. The number of esters is 1. The van der Waals surface area contributed by atoms with Gasteiger partial charge in [-0.1, -0.05) is 0 Å². The van der Waals surface area contributed by atoms with Gasteiger partial charge < -0.3 is 0 Å². The molecule has 31 heavy (non-hydrogen) atoms. The first-order chi connectivity index (χ1) is 14.6. The maximum absolute atomic E-state index is 13.2. The molecule has 2 amide bonds. The molecule has 0 bridgehead atoms. The second kappa shape index (κ2) is 11.4. The molecule has 1 aliphatic heterocycles. The molecule has 0 spiro atoms. The fourth-order valence-corrected chi connectivity index (χ4v) is 5.37. The molecule has 1 fully saturated rings. The van der Waals surface area contributed by atoms with Gasteiger partial charge in [-0.05, 0) is 0 Å². The Morgan fingerprint density at radius 1 is 1.19 bits per heavy atom. The number of nitrogens with one attached hydrogen (secondary N) is 1. The van der Waals surface area contributed by atoms with Gasteiger partial charge in [0.05, 0.1) is 0 Å². The summed E-state index contributed by atoms with van der Waals surface area (Å²) in [6.45, 7) is 5.77. The zero-order valence-electron chi connectivity index (χ0n) is 18.8. The molecule has 9 heteroatoms. The van der Waals surface area contributed by atoms with E-state index in [2.05, 4.69) is 5.32 Å². The van der Waals surface area contributed by atoms with Crippen LogP contribution in [0.5, 0.6) is 5.75 Å². The molecule has 1 heterocycles. The first-order valence-electron chi connectivity index (χ1n) is 10.2. The Bertz CT molecular complexity index is 762. The fraction of sp³-hybridized carbons (Fsp3) is 0.591. The van der Waals surface area contributed by atoms with Crippen molar-refractivity contribution in [2.75, 3.05) is 20.8 Å². The number of carbonyl (C=O) groups excluding carboxylic acids is 3. The van der Waals surface area contributed by atoms with Gasteiger partial charge in [-0.2, -0.15) is 0 Å². The van der Waals surface area contributed by atoms with E-state index in [9.17, 15) is 14.4 Å². The van der Waals surface area contributed by atoms with Crippen LogP contribution in [0.4, 0.5) is 4.79 Å². The number of carbonyl (C=O) groups is 3. The summed E-state index contributed by atoms with van der Waals surface area (Å²) in [6.07, 6.45) is 0.649. The number of hydrogen-bond acceptors (Lipinski definition) is 6. The third kappa shape index (κ3) is 7.74. The topological polar surface area (TPSA) is 94.2 Å². The maximum atomic E-state index is 13.2. The number of ether oxygens (including phenoxy) is 3. The van der Waals surface area contributed by atoms with Crippen LogP contribution in [0.25, 0.3) is 0 Å². The Kier molecular flexibility index (Phi) is 9.19. The third-order valence-corrected chi connectivity index (χ3v) is 7.03. The molecule has 0 aliphatic carbocycles. The number of rotatable bonds is 8. The minimum absolute atomic E-state index is 0.0460. The summed E-state index contributed by atoms with van der Waals surface area (Å²) in [6, 6.07) is 6.43. The SMILES string of the molecule is COC(=O)[C@@H]1CCCN1C(=O)[C@H](C[Se]Cc1ccc(OC)cc1)NC(=O)OC(C)(C)C. The van der Waals surface area contributed by atoms with Crippen molar-refractivity contribution in [1.29, 1.82) is 0 Å². The van der Waals surface area contributed by atoms with Crippen molar-refractivity contribution in [2.45, 2.75) is 61.9 Å². The first kappa shape index (κ1) is 25.0. The van der Waals surface area contributed by atoms with E-state index >= 15 is 0 Å². The van der Waals surface area contributed by atoms with Gasteiger partial charge in [0.2, 0.25) is 0 Å². The molecular weight excluding hydrogens is 467 g/mol. The van der Waals surface area contributed by atoms with Gasteiger partial charge in [-0.3, -0.25) is 0 Å². The molecule has 2 atom stereocenters. The molecule has 0 unspecified atom stereocenters. The van der Waals surface area contributed by atoms with Crippen LogP contribution in [0.15, 0.2) is 24.3 Å². The second-order valence-electron chi connectivity index (χ2n) is 8.27. The van der Waals surface area contributed by atoms with Gasteiger partial charge >= 0.3 is 190 Å². The third-order valence-electron chi connectivity index (χ3n) is 4.71. The Morgan fingerprint density at radius 2 is 1.87 bits per heavy atom. The van der Waals surface area contributed by atoms with E-state index < -0.39 is 29.7 Å². The van der Waals surface area contributed by atoms with Crippen molar-refractivity contribution in [2.24, 2.45) is 0 Å². The molecule has 0 saturated carbocycles. The van der Waals surface area contributed by atoms with Crippen LogP contribution < -0.4 is 10.1 Å². The van der Waals surface area contributed by atoms with E-state index in [0.29, 0.717) is 18.3 Å². The van der Waals surface area contributed by atoms with E-state index in [4.69, 9.17) is 14.2 Å². The van der Waals surface area contributed by atoms with E-state index in [1.807, 2.05) is 24.3 Å². The number of amides is 2. The van der Waals surface area contributed by atoms with Crippen molar-refractivity contribution in [3.05, 3.63) is 29.8 Å². The standard InChI is InChI=1S/C22H32N2O6Se/c1-22(2,3)30-21(27)23-17(14-31-13-15-8-10-16(28-4)11-9-15)19(25)24-12-6-7-18(24)20(26)29-5/h8-11,17-18H,6-7,12-14H2,1-5H3,(H,23,27)/t17-,18-/m0/s1. The summed E-state index contributed by atoms with van der Waals surface area (Å²) >= 11 is 0.0460. The van der Waals surface area contributed by atoms with E-state index in [-0.39, 0.29) is 20.9 Å². The van der Waals surface area contributed by atoms with Crippen LogP contribution in [-0.2, 0) is 24.4 Å². The molecular formula is C22H32N2O6Se. The fourth-order valence-electron chi connectivity index (χ4n) is 3.25. The Labute approximate surface area is 190 Å². The predicted molar refractivity (Wildman–Crippen MR) is 117 cm³/mol. The summed E-state index contributed by atoms with van der Waals surface area (Å²) in [5, 5.41) is 4.01. The number of alkyl carbamates (subject to hydrolysis) is 1. The Hall–Kier alpha value is -2.25. The molecule has 1 N–H and O–H groups in total. The number of benzene rings is 1. The van der Waals surface area contributed by atoms with Crippen molar-refractivity contribution in [3.8, 4) is 5.75 Å². The molecule has 1 aromatic rings. The molecule has 2 rings (SSSR count). The molecule has 1 saturated heterocycles. The minimum atomic E-state index is -0.752. The summed E-state index contributed by atoms with van der Waals surface area (Å²) in [4.78, 5) is 39.2.